The summed E-state index contributed by atoms with van der Waals surface area (Å²) in [4.78, 5) is 11.7. The van der Waals surface area contributed by atoms with Gasteiger partial charge in [-0.05, 0) is 44.9 Å². The molecule has 1 aromatic carbocycles. The average Bonchev–Trinajstić information content (AvgIpc) is 2.27. The standard InChI is InChI=1S/C14H21NO3/c1-14(2,3)18-13(16)12(15)9-10-5-7-11(17-4)8-6-10/h5-8,12H,9,15H2,1-4H3/t12-/m1/s1. The molecule has 0 radical (unpaired) electrons. The zero-order valence-corrected chi connectivity index (χ0v) is 11.4. The Morgan fingerprint density at radius 3 is 2.28 bits per heavy atom. The van der Waals surface area contributed by atoms with Crippen LogP contribution in [0.1, 0.15) is 26.3 Å². The maximum Gasteiger partial charge on any atom is 0.323 e. The molecule has 0 bridgehead atoms. The quantitative estimate of drug-likeness (QED) is 0.830. The lowest BCUT2D eigenvalue weighted by atomic mass is 10.1. The van der Waals surface area contributed by atoms with Crippen molar-refractivity contribution in [2.75, 3.05) is 7.11 Å². The lowest BCUT2D eigenvalue weighted by Gasteiger charge is -2.22. The highest BCUT2D eigenvalue weighted by Crippen LogP contribution is 2.14. The number of carbonyl (C=O) groups is 1. The lowest BCUT2D eigenvalue weighted by molar-refractivity contribution is -0.156. The van der Waals surface area contributed by atoms with Gasteiger partial charge in [0.15, 0.2) is 0 Å². The van der Waals surface area contributed by atoms with E-state index in [4.69, 9.17) is 15.2 Å². The van der Waals surface area contributed by atoms with Gasteiger partial charge < -0.3 is 15.2 Å². The molecule has 1 atom stereocenters. The third-order valence-corrected chi connectivity index (χ3v) is 2.32. The van der Waals surface area contributed by atoms with Crippen LogP contribution in [0.5, 0.6) is 5.75 Å². The predicted octanol–water partition coefficient (Wildman–Crippen LogP) is 1.91. The molecule has 0 heterocycles. The number of carbonyl (C=O) groups excluding carboxylic acids is 1. The third-order valence-electron chi connectivity index (χ3n) is 2.32. The fourth-order valence-electron chi connectivity index (χ4n) is 1.48. The first-order chi connectivity index (χ1) is 8.31. The van der Waals surface area contributed by atoms with Crippen molar-refractivity contribution in [3.05, 3.63) is 29.8 Å². The van der Waals surface area contributed by atoms with Crippen molar-refractivity contribution < 1.29 is 14.3 Å². The molecule has 0 saturated carbocycles. The highest BCUT2D eigenvalue weighted by atomic mass is 16.6. The van der Waals surface area contributed by atoms with E-state index in [1.54, 1.807) is 7.11 Å². The van der Waals surface area contributed by atoms with Crippen molar-refractivity contribution in [2.45, 2.75) is 38.8 Å². The summed E-state index contributed by atoms with van der Waals surface area (Å²) in [5.74, 6) is 0.405. The molecule has 0 amide bonds. The van der Waals surface area contributed by atoms with E-state index in [1.807, 2.05) is 45.0 Å². The van der Waals surface area contributed by atoms with Gasteiger partial charge in [-0.15, -0.1) is 0 Å². The van der Waals surface area contributed by atoms with Gasteiger partial charge in [-0.2, -0.15) is 0 Å². The molecule has 0 saturated heterocycles. The molecule has 100 valence electrons. The second kappa shape index (κ2) is 5.87. The van der Waals surface area contributed by atoms with E-state index in [0.29, 0.717) is 6.42 Å². The molecule has 0 aliphatic rings. The molecule has 0 fully saturated rings. The monoisotopic (exact) mass is 251 g/mol. The molecule has 18 heavy (non-hydrogen) atoms. The largest absolute Gasteiger partial charge is 0.497 e. The fourth-order valence-corrected chi connectivity index (χ4v) is 1.48. The van der Waals surface area contributed by atoms with Crippen molar-refractivity contribution in [1.82, 2.24) is 0 Å². The summed E-state index contributed by atoms with van der Waals surface area (Å²) in [6, 6.07) is 6.83. The van der Waals surface area contributed by atoms with E-state index in [1.165, 1.54) is 0 Å². The lowest BCUT2D eigenvalue weighted by Crippen LogP contribution is -2.38. The summed E-state index contributed by atoms with van der Waals surface area (Å²) in [7, 11) is 1.61. The average molecular weight is 251 g/mol. The van der Waals surface area contributed by atoms with Gasteiger partial charge >= 0.3 is 5.97 Å². The van der Waals surface area contributed by atoms with Crippen LogP contribution in [-0.2, 0) is 16.0 Å². The summed E-state index contributed by atoms with van der Waals surface area (Å²) < 4.78 is 10.3. The molecular weight excluding hydrogens is 230 g/mol. The molecular formula is C14H21NO3. The molecule has 0 aromatic heterocycles. The van der Waals surface area contributed by atoms with Gasteiger partial charge in [0.05, 0.1) is 7.11 Å². The van der Waals surface area contributed by atoms with E-state index in [-0.39, 0.29) is 5.97 Å². The van der Waals surface area contributed by atoms with Crippen molar-refractivity contribution in [2.24, 2.45) is 5.73 Å². The molecule has 0 spiro atoms. The van der Waals surface area contributed by atoms with E-state index in [0.717, 1.165) is 11.3 Å². The van der Waals surface area contributed by atoms with Crippen molar-refractivity contribution in [3.63, 3.8) is 0 Å². The van der Waals surface area contributed by atoms with E-state index in [2.05, 4.69) is 0 Å². The summed E-state index contributed by atoms with van der Waals surface area (Å²) in [6.07, 6.45) is 0.457. The van der Waals surface area contributed by atoms with Crippen LogP contribution in [0.3, 0.4) is 0 Å². The van der Waals surface area contributed by atoms with E-state index >= 15 is 0 Å². The first-order valence-corrected chi connectivity index (χ1v) is 5.93. The third kappa shape index (κ3) is 4.75. The van der Waals surface area contributed by atoms with Crippen LogP contribution in [-0.4, -0.2) is 24.7 Å². The molecule has 2 N–H and O–H groups in total. The maximum atomic E-state index is 11.7. The molecule has 1 rings (SSSR count). The Labute approximate surface area is 108 Å². The molecule has 0 aliphatic carbocycles. The van der Waals surface area contributed by atoms with Gasteiger partial charge in [0.2, 0.25) is 0 Å². The van der Waals surface area contributed by atoms with Gasteiger partial charge in [-0.3, -0.25) is 4.79 Å². The Bertz CT molecular complexity index is 392. The van der Waals surface area contributed by atoms with Crippen LogP contribution in [0, 0.1) is 0 Å². The van der Waals surface area contributed by atoms with Crippen LogP contribution in [0.25, 0.3) is 0 Å². The molecule has 4 nitrogen and oxygen atoms in total. The normalized spacial score (nSPS) is 12.9. The second-order valence-electron chi connectivity index (χ2n) is 5.19. The van der Waals surface area contributed by atoms with Crippen molar-refractivity contribution >= 4 is 5.97 Å². The number of methoxy groups -OCH3 is 1. The first kappa shape index (κ1) is 14.5. The number of esters is 1. The van der Waals surface area contributed by atoms with Crippen LogP contribution in [0.15, 0.2) is 24.3 Å². The number of nitrogens with two attached hydrogens (primary N) is 1. The highest BCUT2D eigenvalue weighted by Gasteiger charge is 2.22. The Hall–Kier alpha value is -1.55. The minimum Gasteiger partial charge on any atom is -0.497 e. The maximum absolute atomic E-state index is 11.7. The molecule has 0 aliphatic heterocycles. The zero-order chi connectivity index (χ0) is 13.8. The summed E-state index contributed by atoms with van der Waals surface area (Å²) in [5.41, 5.74) is 6.30. The zero-order valence-electron chi connectivity index (χ0n) is 11.4. The predicted molar refractivity (Wildman–Crippen MR) is 70.5 cm³/mol. The van der Waals surface area contributed by atoms with Crippen molar-refractivity contribution in [3.8, 4) is 5.75 Å². The first-order valence-electron chi connectivity index (χ1n) is 5.93. The van der Waals surface area contributed by atoms with Crippen LogP contribution >= 0.6 is 0 Å². The molecule has 1 aromatic rings. The summed E-state index contributed by atoms with van der Waals surface area (Å²) in [6.45, 7) is 5.47. The van der Waals surface area contributed by atoms with Crippen molar-refractivity contribution in [1.29, 1.82) is 0 Å². The number of hydrogen-bond acceptors (Lipinski definition) is 4. The van der Waals surface area contributed by atoms with Gasteiger partial charge in [0.25, 0.3) is 0 Å². The second-order valence-corrected chi connectivity index (χ2v) is 5.19. The highest BCUT2D eigenvalue weighted by molar-refractivity contribution is 5.76. The van der Waals surface area contributed by atoms with Gasteiger partial charge in [-0.25, -0.2) is 0 Å². The minimum atomic E-state index is -0.641. The number of ether oxygens (including phenoxy) is 2. The smallest absolute Gasteiger partial charge is 0.323 e. The van der Waals surface area contributed by atoms with Gasteiger partial charge in [0.1, 0.15) is 17.4 Å². The topological polar surface area (TPSA) is 61.5 Å². The summed E-state index contributed by atoms with van der Waals surface area (Å²) in [5, 5.41) is 0. The van der Waals surface area contributed by atoms with Gasteiger partial charge in [0, 0.05) is 0 Å². The molecule has 0 unspecified atom stereocenters. The Kier molecular flexibility index (Phi) is 4.73. The van der Waals surface area contributed by atoms with E-state index in [9.17, 15) is 4.79 Å². The minimum absolute atomic E-state index is 0.377. The number of benzene rings is 1. The van der Waals surface area contributed by atoms with Crippen LogP contribution < -0.4 is 10.5 Å². The SMILES string of the molecule is COc1ccc(C[C@@H](N)C(=O)OC(C)(C)C)cc1. The summed E-state index contributed by atoms with van der Waals surface area (Å²) >= 11 is 0. The van der Waals surface area contributed by atoms with Crippen LogP contribution in [0.4, 0.5) is 0 Å². The van der Waals surface area contributed by atoms with Crippen LogP contribution in [0.2, 0.25) is 0 Å². The number of hydrogen-bond donors (Lipinski definition) is 1. The Balaban J connectivity index is 2.58. The molecule has 4 heteroatoms. The van der Waals surface area contributed by atoms with Gasteiger partial charge in [-0.1, -0.05) is 12.1 Å². The number of rotatable bonds is 4. The Morgan fingerprint density at radius 2 is 1.83 bits per heavy atom. The fraction of sp³-hybridized carbons (Fsp3) is 0.500. The Morgan fingerprint density at radius 1 is 1.28 bits per heavy atom. The van der Waals surface area contributed by atoms with E-state index < -0.39 is 11.6 Å².